The summed E-state index contributed by atoms with van der Waals surface area (Å²) in [6.07, 6.45) is 3.35. The monoisotopic (exact) mass is 349 g/mol. The number of halogens is 1. The molecule has 1 saturated heterocycles. The summed E-state index contributed by atoms with van der Waals surface area (Å²) < 4.78 is 28.9. The summed E-state index contributed by atoms with van der Waals surface area (Å²) in [5, 5.41) is 7.49. The molecule has 0 aromatic carbocycles. The average molecular weight is 350 g/mol. The van der Waals surface area contributed by atoms with Crippen molar-refractivity contribution in [1.29, 1.82) is 0 Å². The quantitative estimate of drug-likeness (QED) is 0.833. The summed E-state index contributed by atoms with van der Waals surface area (Å²) in [5.41, 5.74) is 0. The number of nitrogens with zero attached hydrogens (tertiary/aromatic N) is 4. The van der Waals surface area contributed by atoms with Crippen molar-refractivity contribution in [1.82, 2.24) is 24.6 Å². The van der Waals surface area contributed by atoms with Crippen molar-refractivity contribution in [2.24, 2.45) is 7.05 Å². The van der Waals surface area contributed by atoms with Crippen molar-refractivity contribution in [3.63, 3.8) is 0 Å². The van der Waals surface area contributed by atoms with Crippen LogP contribution in [0.15, 0.2) is 9.63 Å². The van der Waals surface area contributed by atoms with E-state index in [2.05, 4.69) is 35.9 Å². The lowest BCUT2D eigenvalue weighted by molar-refractivity contribution is 0.322. The molecule has 0 bridgehead atoms. The number of nitrogens with one attached hydrogen (secondary N) is 1. The molecular weight excluding hydrogens is 334 g/mol. The van der Waals surface area contributed by atoms with Crippen LogP contribution in [0, 0.1) is 0 Å². The summed E-state index contributed by atoms with van der Waals surface area (Å²) in [5.74, 6) is 0. The third-order valence-corrected chi connectivity index (χ3v) is 6.00. The van der Waals surface area contributed by atoms with Crippen molar-refractivity contribution in [3.8, 4) is 0 Å². The van der Waals surface area contributed by atoms with Crippen LogP contribution in [0.5, 0.6) is 0 Å². The van der Waals surface area contributed by atoms with Gasteiger partial charge >= 0.3 is 0 Å². The molecule has 0 radical (unpaired) electrons. The molecule has 3 rings (SSSR count). The number of likely N-dealkylation sites (tertiary alicyclic amines) is 1. The Morgan fingerprint density at radius 2 is 2.11 bits per heavy atom. The molecule has 2 aliphatic rings. The number of sulfonamides is 1. The Labute approximate surface area is 120 Å². The zero-order valence-corrected chi connectivity index (χ0v) is 13.0. The maximum atomic E-state index is 12.3. The standard InChI is InChI=1S/C10H16BrN5O2S/c1-15-10(9(11)12-14-15)19(17,18)13-7-4-5-16(6-7)8-2-3-8/h7-8,13H,2-6H2,1H3. The predicted molar refractivity (Wildman–Crippen MR) is 72.0 cm³/mol. The van der Waals surface area contributed by atoms with E-state index in [9.17, 15) is 8.42 Å². The van der Waals surface area contributed by atoms with Crippen LogP contribution < -0.4 is 4.72 Å². The molecule has 1 N–H and O–H groups in total. The second-order valence-electron chi connectivity index (χ2n) is 5.14. The first-order chi connectivity index (χ1) is 8.97. The Kier molecular flexibility index (Phi) is 3.40. The highest BCUT2D eigenvalue weighted by Crippen LogP contribution is 2.30. The zero-order chi connectivity index (χ0) is 13.6. The topological polar surface area (TPSA) is 80.1 Å². The fourth-order valence-corrected chi connectivity index (χ4v) is 4.89. The highest BCUT2D eigenvalue weighted by molar-refractivity contribution is 9.10. The Balaban J connectivity index is 1.72. The van der Waals surface area contributed by atoms with E-state index in [0.29, 0.717) is 6.04 Å². The lowest BCUT2D eigenvalue weighted by atomic mass is 10.3. The van der Waals surface area contributed by atoms with Gasteiger partial charge in [0.2, 0.25) is 5.03 Å². The van der Waals surface area contributed by atoms with E-state index in [1.165, 1.54) is 17.5 Å². The summed E-state index contributed by atoms with van der Waals surface area (Å²) in [7, 11) is -2.01. The first-order valence-electron chi connectivity index (χ1n) is 6.29. The number of rotatable bonds is 4. The van der Waals surface area contributed by atoms with Gasteiger partial charge in [0.25, 0.3) is 10.0 Å². The van der Waals surface area contributed by atoms with Crippen molar-refractivity contribution in [3.05, 3.63) is 4.60 Å². The lowest BCUT2D eigenvalue weighted by Crippen LogP contribution is -2.38. The molecule has 2 heterocycles. The van der Waals surface area contributed by atoms with Crippen LogP contribution in [0.25, 0.3) is 0 Å². The number of aryl methyl sites for hydroxylation is 1. The number of hydrogen-bond acceptors (Lipinski definition) is 5. The van der Waals surface area contributed by atoms with Crippen LogP contribution in [0.2, 0.25) is 0 Å². The minimum absolute atomic E-state index is 0.0209. The zero-order valence-electron chi connectivity index (χ0n) is 10.6. The van der Waals surface area contributed by atoms with E-state index in [-0.39, 0.29) is 15.7 Å². The van der Waals surface area contributed by atoms with Crippen molar-refractivity contribution in [2.45, 2.75) is 36.4 Å². The fourth-order valence-electron chi connectivity index (χ4n) is 2.54. The molecule has 1 aromatic heterocycles. The smallest absolute Gasteiger partial charge is 0.260 e. The largest absolute Gasteiger partial charge is 0.299 e. The maximum Gasteiger partial charge on any atom is 0.260 e. The van der Waals surface area contributed by atoms with Gasteiger partial charge in [-0.3, -0.25) is 4.90 Å². The van der Waals surface area contributed by atoms with E-state index in [1.54, 1.807) is 7.05 Å². The molecule has 1 aliphatic carbocycles. The Morgan fingerprint density at radius 1 is 1.37 bits per heavy atom. The van der Waals surface area contributed by atoms with Crippen LogP contribution in [0.1, 0.15) is 19.3 Å². The van der Waals surface area contributed by atoms with Crippen LogP contribution in [0.3, 0.4) is 0 Å². The van der Waals surface area contributed by atoms with Gasteiger partial charge in [-0.25, -0.2) is 17.8 Å². The van der Waals surface area contributed by atoms with Crippen LogP contribution in [0.4, 0.5) is 0 Å². The molecule has 7 nitrogen and oxygen atoms in total. The fraction of sp³-hybridized carbons (Fsp3) is 0.800. The Bertz CT molecular complexity index is 563. The third-order valence-electron chi connectivity index (χ3n) is 3.60. The van der Waals surface area contributed by atoms with Crippen LogP contribution >= 0.6 is 15.9 Å². The molecule has 9 heteroatoms. The SMILES string of the molecule is Cn1nnc(Br)c1S(=O)(=O)NC1CCN(C2CC2)C1. The van der Waals surface area contributed by atoms with Gasteiger partial charge in [-0.05, 0) is 35.2 Å². The van der Waals surface area contributed by atoms with E-state index in [1.807, 2.05) is 0 Å². The Morgan fingerprint density at radius 3 is 2.68 bits per heavy atom. The van der Waals surface area contributed by atoms with Gasteiger partial charge in [-0.2, -0.15) is 0 Å². The lowest BCUT2D eigenvalue weighted by Gasteiger charge is -2.15. The summed E-state index contributed by atoms with van der Waals surface area (Å²) in [4.78, 5) is 2.36. The molecule has 1 aliphatic heterocycles. The molecule has 0 spiro atoms. The van der Waals surface area contributed by atoms with Gasteiger partial charge in [0, 0.05) is 32.2 Å². The molecule has 1 unspecified atom stereocenters. The molecular formula is C10H16BrN5O2S. The van der Waals surface area contributed by atoms with Crippen LogP contribution in [-0.2, 0) is 17.1 Å². The summed E-state index contributed by atoms with van der Waals surface area (Å²) in [6.45, 7) is 1.77. The minimum atomic E-state index is -3.58. The third kappa shape index (κ3) is 2.69. The second-order valence-corrected chi connectivity index (χ2v) is 7.52. The molecule has 0 amide bonds. The summed E-state index contributed by atoms with van der Waals surface area (Å²) in [6, 6.07) is 0.659. The number of aromatic nitrogens is 3. The predicted octanol–water partition coefficient (Wildman–Crippen LogP) is 0.0926. The first kappa shape index (κ1) is 13.5. The van der Waals surface area contributed by atoms with E-state index < -0.39 is 10.0 Å². The van der Waals surface area contributed by atoms with Crippen molar-refractivity contribution >= 4 is 26.0 Å². The van der Waals surface area contributed by atoms with Gasteiger partial charge in [-0.15, -0.1) is 5.10 Å². The molecule has 1 atom stereocenters. The second kappa shape index (κ2) is 4.80. The van der Waals surface area contributed by atoms with E-state index in [0.717, 1.165) is 19.5 Å². The van der Waals surface area contributed by atoms with Gasteiger partial charge in [0.05, 0.1) is 0 Å². The molecule has 2 fully saturated rings. The molecule has 1 aromatic rings. The average Bonchev–Trinajstić information content (AvgIpc) is 2.98. The normalized spacial score (nSPS) is 25.1. The molecule has 19 heavy (non-hydrogen) atoms. The number of hydrogen-bond donors (Lipinski definition) is 1. The van der Waals surface area contributed by atoms with E-state index >= 15 is 0 Å². The van der Waals surface area contributed by atoms with Gasteiger partial charge in [0.15, 0.2) is 4.60 Å². The van der Waals surface area contributed by atoms with Gasteiger partial charge in [-0.1, -0.05) is 5.21 Å². The minimum Gasteiger partial charge on any atom is -0.299 e. The van der Waals surface area contributed by atoms with Crippen LogP contribution in [-0.4, -0.2) is 53.5 Å². The highest BCUT2D eigenvalue weighted by atomic mass is 79.9. The van der Waals surface area contributed by atoms with Crippen molar-refractivity contribution < 1.29 is 8.42 Å². The molecule has 1 saturated carbocycles. The molecule has 106 valence electrons. The van der Waals surface area contributed by atoms with Crippen molar-refractivity contribution in [2.75, 3.05) is 13.1 Å². The maximum absolute atomic E-state index is 12.3. The van der Waals surface area contributed by atoms with Gasteiger partial charge in [0.1, 0.15) is 0 Å². The Hall–Kier alpha value is -0.510. The van der Waals surface area contributed by atoms with Gasteiger partial charge < -0.3 is 0 Å². The van der Waals surface area contributed by atoms with E-state index in [4.69, 9.17) is 0 Å². The first-order valence-corrected chi connectivity index (χ1v) is 8.56. The highest BCUT2D eigenvalue weighted by Gasteiger charge is 2.36. The summed E-state index contributed by atoms with van der Waals surface area (Å²) >= 11 is 3.12.